The molecule has 1 N–H and O–H groups in total. The molecule has 3 heteroatoms. The topological polar surface area (TPSA) is 12.0 Å². The zero-order valence-electron chi connectivity index (χ0n) is 6.48. The summed E-state index contributed by atoms with van der Waals surface area (Å²) in [6.07, 6.45) is 0. The Hall–Kier alpha value is -0.240. The molecule has 2 rings (SSSR count). The number of nitrogens with one attached hydrogen (secondary N) is 1. The molecular weight excluding hydrogens is 193 g/mol. The third kappa shape index (κ3) is 1.45. The molecule has 0 spiro atoms. The van der Waals surface area contributed by atoms with Crippen LogP contribution in [0, 0.1) is 0 Å². The fourth-order valence-electron chi connectivity index (χ4n) is 1.34. The highest BCUT2D eigenvalue weighted by atomic mass is 35.5. The Balaban J connectivity index is 2.31. The molecule has 0 radical (unpaired) electrons. The van der Waals surface area contributed by atoms with Gasteiger partial charge < -0.3 is 5.32 Å². The van der Waals surface area contributed by atoms with Gasteiger partial charge in [0.15, 0.2) is 0 Å². The van der Waals surface area contributed by atoms with Gasteiger partial charge in [-0.05, 0) is 17.7 Å². The average molecular weight is 202 g/mol. The van der Waals surface area contributed by atoms with Crippen LogP contribution in [0.4, 0.5) is 0 Å². The minimum Gasteiger partial charge on any atom is -0.315 e. The monoisotopic (exact) mass is 201 g/mol. The van der Waals surface area contributed by atoms with Crippen LogP contribution in [-0.2, 0) is 0 Å². The first-order valence-corrected chi connectivity index (χ1v) is 4.68. The Bertz CT molecular complexity index is 295. The van der Waals surface area contributed by atoms with E-state index < -0.39 is 0 Å². The maximum Gasteiger partial charge on any atom is 0.0456 e. The molecule has 1 aromatic carbocycles. The van der Waals surface area contributed by atoms with Gasteiger partial charge in [-0.2, -0.15) is 0 Å². The number of halogens is 2. The Kier molecular flexibility index (Phi) is 2.26. The van der Waals surface area contributed by atoms with Crippen molar-refractivity contribution in [2.24, 2.45) is 0 Å². The largest absolute Gasteiger partial charge is 0.315 e. The first kappa shape index (κ1) is 8.36. The zero-order valence-corrected chi connectivity index (χ0v) is 7.99. The summed E-state index contributed by atoms with van der Waals surface area (Å²) in [6, 6.07) is 5.70. The van der Waals surface area contributed by atoms with Gasteiger partial charge >= 0.3 is 0 Å². The first-order chi connectivity index (χ1) is 5.77. The molecule has 12 heavy (non-hydrogen) atoms. The standard InChI is InChI=1S/C9H9Cl2N/c10-7-1-2-8(9(11)3-7)6-4-12-5-6/h1-3,6,12H,4-5H2. The van der Waals surface area contributed by atoms with Gasteiger partial charge in [-0.15, -0.1) is 0 Å². The summed E-state index contributed by atoms with van der Waals surface area (Å²) in [5.74, 6) is 0.578. The second kappa shape index (κ2) is 3.25. The van der Waals surface area contributed by atoms with E-state index in [4.69, 9.17) is 23.2 Å². The van der Waals surface area contributed by atoms with Crippen molar-refractivity contribution in [1.29, 1.82) is 0 Å². The van der Waals surface area contributed by atoms with E-state index in [0.717, 1.165) is 18.1 Å². The highest BCUT2D eigenvalue weighted by Crippen LogP contribution is 2.29. The lowest BCUT2D eigenvalue weighted by atomic mass is 9.94. The Morgan fingerprint density at radius 3 is 2.50 bits per heavy atom. The molecule has 1 saturated heterocycles. The molecule has 0 atom stereocenters. The third-order valence-corrected chi connectivity index (χ3v) is 2.75. The maximum absolute atomic E-state index is 6.02. The molecule has 1 nitrogen and oxygen atoms in total. The SMILES string of the molecule is Clc1ccc(C2CNC2)c(Cl)c1. The van der Waals surface area contributed by atoms with E-state index in [1.54, 1.807) is 6.07 Å². The molecule has 0 saturated carbocycles. The zero-order chi connectivity index (χ0) is 8.55. The molecule has 64 valence electrons. The highest BCUT2D eigenvalue weighted by molar-refractivity contribution is 6.35. The summed E-state index contributed by atoms with van der Waals surface area (Å²) >= 11 is 11.8. The third-order valence-electron chi connectivity index (χ3n) is 2.18. The van der Waals surface area contributed by atoms with Gasteiger partial charge in [0.05, 0.1) is 0 Å². The molecule has 0 aromatic heterocycles. The highest BCUT2D eigenvalue weighted by Gasteiger charge is 2.20. The minimum absolute atomic E-state index is 0.578. The summed E-state index contributed by atoms with van der Waals surface area (Å²) < 4.78 is 0. The predicted molar refractivity (Wildman–Crippen MR) is 52.1 cm³/mol. The number of benzene rings is 1. The fraction of sp³-hybridized carbons (Fsp3) is 0.333. The van der Waals surface area contributed by atoms with Crippen LogP contribution in [0.1, 0.15) is 11.5 Å². The molecule has 0 unspecified atom stereocenters. The van der Waals surface area contributed by atoms with E-state index in [9.17, 15) is 0 Å². The normalized spacial score (nSPS) is 17.5. The van der Waals surface area contributed by atoms with Crippen molar-refractivity contribution in [2.45, 2.75) is 5.92 Å². The number of rotatable bonds is 1. The first-order valence-electron chi connectivity index (χ1n) is 3.93. The van der Waals surface area contributed by atoms with Gasteiger partial charge in [0.1, 0.15) is 0 Å². The van der Waals surface area contributed by atoms with Crippen LogP contribution in [0.3, 0.4) is 0 Å². The lowest BCUT2D eigenvalue weighted by molar-refractivity contribution is 0.448. The van der Waals surface area contributed by atoms with Gasteiger partial charge in [-0.1, -0.05) is 29.3 Å². The maximum atomic E-state index is 6.02. The van der Waals surface area contributed by atoms with Crippen molar-refractivity contribution in [3.8, 4) is 0 Å². The number of hydrogen-bond acceptors (Lipinski definition) is 1. The van der Waals surface area contributed by atoms with Crippen molar-refractivity contribution in [2.75, 3.05) is 13.1 Å². The fourth-order valence-corrected chi connectivity index (χ4v) is 1.90. The molecular formula is C9H9Cl2N. The second-order valence-electron chi connectivity index (χ2n) is 3.02. The molecule has 1 fully saturated rings. The van der Waals surface area contributed by atoms with E-state index in [0.29, 0.717) is 10.9 Å². The summed E-state index contributed by atoms with van der Waals surface area (Å²) in [7, 11) is 0. The predicted octanol–water partition coefficient (Wildman–Crippen LogP) is 2.68. The van der Waals surface area contributed by atoms with Crippen molar-refractivity contribution >= 4 is 23.2 Å². The molecule has 0 bridgehead atoms. The molecule has 0 aliphatic carbocycles. The van der Waals surface area contributed by atoms with E-state index in [2.05, 4.69) is 5.32 Å². The molecule has 1 aliphatic heterocycles. The molecule has 1 heterocycles. The van der Waals surface area contributed by atoms with Crippen molar-refractivity contribution in [3.63, 3.8) is 0 Å². The smallest absolute Gasteiger partial charge is 0.0456 e. The summed E-state index contributed by atoms with van der Waals surface area (Å²) in [6.45, 7) is 2.06. The Morgan fingerprint density at radius 1 is 1.25 bits per heavy atom. The molecule has 1 aliphatic rings. The van der Waals surface area contributed by atoms with Crippen LogP contribution in [-0.4, -0.2) is 13.1 Å². The van der Waals surface area contributed by atoms with Crippen LogP contribution in [0.15, 0.2) is 18.2 Å². The Labute approximate surface area is 81.7 Å². The Morgan fingerprint density at radius 2 is 2.00 bits per heavy atom. The second-order valence-corrected chi connectivity index (χ2v) is 3.86. The van der Waals surface area contributed by atoms with E-state index in [1.165, 1.54) is 5.56 Å². The van der Waals surface area contributed by atoms with E-state index >= 15 is 0 Å². The van der Waals surface area contributed by atoms with E-state index in [1.807, 2.05) is 12.1 Å². The van der Waals surface area contributed by atoms with Crippen molar-refractivity contribution in [1.82, 2.24) is 5.32 Å². The van der Waals surface area contributed by atoms with Crippen LogP contribution in [0.25, 0.3) is 0 Å². The summed E-state index contributed by atoms with van der Waals surface area (Å²) in [4.78, 5) is 0. The lowest BCUT2D eigenvalue weighted by Gasteiger charge is -2.28. The quantitative estimate of drug-likeness (QED) is 0.738. The van der Waals surface area contributed by atoms with Crippen LogP contribution in [0.2, 0.25) is 10.0 Å². The van der Waals surface area contributed by atoms with Gasteiger partial charge in [-0.25, -0.2) is 0 Å². The molecule has 0 amide bonds. The van der Waals surface area contributed by atoms with Crippen LogP contribution < -0.4 is 5.32 Å². The van der Waals surface area contributed by atoms with Crippen molar-refractivity contribution < 1.29 is 0 Å². The lowest BCUT2D eigenvalue weighted by Crippen LogP contribution is -2.39. The number of hydrogen-bond donors (Lipinski definition) is 1. The van der Waals surface area contributed by atoms with Gasteiger partial charge in [-0.3, -0.25) is 0 Å². The van der Waals surface area contributed by atoms with Crippen LogP contribution in [0.5, 0.6) is 0 Å². The molecule has 1 aromatic rings. The average Bonchev–Trinajstić information content (AvgIpc) is 1.91. The minimum atomic E-state index is 0.578. The van der Waals surface area contributed by atoms with Crippen molar-refractivity contribution in [3.05, 3.63) is 33.8 Å². The van der Waals surface area contributed by atoms with E-state index in [-0.39, 0.29) is 0 Å². The van der Waals surface area contributed by atoms with Gasteiger partial charge in [0.25, 0.3) is 0 Å². The van der Waals surface area contributed by atoms with Gasteiger partial charge in [0.2, 0.25) is 0 Å². The van der Waals surface area contributed by atoms with Crippen LogP contribution >= 0.6 is 23.2 Å². The summed E-state index contributed by atoms with van der Waals surface area (Å²) in [5.41, 5.74) is 1.21. The summed E-state index contributed by atoms with van der Waals surface area (Å²) in [5, 5.41) is 4.70. The van der Waals surface area contributed by atoms with Gasteiger partial charge in [0, 0.05) is 29.1 Å².